The van der Waals surface area contributed by atoms with E-state index in [4.69, 9.17) is 4.74 Å². The zero-order valence-corrected chi connectivity index (χ0v) is 23.0. The van der Waals surface area contributed by atoms with Crippen LogP contribution in [-0.4, -0.2) is 29.3 Å². The summed E-state index contributed by atoms with van der Waals surface area (Å²) < 4.78 is 7.96. The fraction of sp³-hybridized carbons (Fsp3) is 0.115. The number of anilines is 1. The van der Waals surface area contributed by atoms with Crippen LogP contribution in [0.1, 0.15) is 16.7 Å². The van der Waals surface area contributed by atoms with Crippen LogP contribution >= 0.6 is 45.2 Å². The Kier molecular flexibility index (Phi) is 8.06. The number of hydrogen-bond donors (Lipinski definition) is 2. The molecule has 4 rings (SSSR count). The van der Waals surface area contributed by atoms with E-state index in [1.54, 1.807) is 18.2 Å². The van der Waals surface area contributed by atoms with Gasteiger partial charge in [0.15, 0.2) is 0 Å². The van der Waals surface area contributed by atoms with E-state index in [1.165, 1.54) is 0 Å². The van der Waals surface area contributed by atoms with E-state index in [1.807, 2.05) is 61.5 Å². The molecule has 2 N–H and O–H groups in total. The number of amides is 4. The highest BCUT2D eigenvalue weighted by molar-refractivity contribution is 14.1. The summed E-state index contributed by atoms with van der Waals surface area (Å²) in [6.07, 6.45) is 1.59. The molecule has 0 atom stereocenters. The molecule has 0 aromatic heterocycles. The first-order chi connectivity index (χ1) is 16.8. The van der Waals surface area contributed by atoms with E-state index in [2.05, 4.69) is 55.8 Å². The van der Waals surface area contributed by atoms with Gasteiger partial charge in [-0.25, -0.2) is 9.69 Å². The Morgan fingerprint density at radius 2 is 1.74 bits per heavy atom. The van der Waals surface area contributed by atoms with Crippen LogP contribution in [0.5, 0.6) is 5.75 Å². The molecule has 1 aliphatic heterocycles. The third-order valence-corrected chi connectivity index (χ3v) is 6.74. The fourth-order valence-electron chi connectivity index (χ4n) is 3.33. The van der Waals surface area contributed by atoms with E-state index >= 15 is 0 Å². The first-order valence-corrected chi connectivity index (χ1v) is 12.8. The largest absolute Gasteiger partial charge is 0.488 e. The van der Waals surface area contributed by atoms with Gasteiger partial charge in [-0.2, -0.15) is 0 Å². The van der Waals surface area contributed by atoms with Crippen molar-refractivity contribution in [1.29, 1.82) is 0 Å². The molecule has 0 aliphatic carbocycles. The van der Waals surface area contributed by atoms with Gasteiger partial charge in [-0.1, -0.05) is 35.9 Å². The van der Waals surface area contributed by atoms with Crippen LogP contribution in [0.4, 0.5) is 10.5 Å². The number of benzene rings is 3. The molecule has 1 aliphatic rings. The second-order valence-electron chi connectivity index (χ2n) is 7.90. The van der Waals surface area contributed by atoms with Gasteiger partial charge in [-0.05, 0) is 106 Å². The summed E-state index contributed by atoms with van der Waals surface area (Å²) in [7, 11) is 0. The number of nitrogens with zero attached hydrogens (tertiary/aromatic N) is 1. The Morgan fingerprint density at radius 3 is 2.43 bits per heavy atom. The average Bonchev–Trinajstić information content (AvgIpc) is 3.08. The van der Waals surface area contributed by atoms with Crippen molar-refractivity contribution in [3.63, 3.8) is 0 Å². The molecule has 0 bridgehead atoms. The maximum atomic E-state index is 12.8. The van der Waals surface area contributed by atoms with E-state index in [0.717, 1.165) is 34.5 Å². The minimum absolute atomic E-state index is 0.112. The molecule has 7 nitrogen and oxygen atoms in total. The highest BCUT2D eigenvalue weighted by Gasteiger charge is 2.34. The number of carbonyl (C=O) groups excluding carboxylic acids is 3. The van der Waals surface area contributed by atoms with Gasteiger partial charge in [0.2, 0.25) is 5.91 Å². The quantitative estimate of drug-likeness (QED) is 0.200. The molecule has 35 heavy (non-hydrogen) atoms. The summed E-state index contributed by atoms with van der Waals surface area (Å²) in [5.74, 6) is -0.284. The molecule has 3 aromatic rings. The first-order valence-electron chi connectivity index (χ1n) is 10.7. The second kappa shape index (κ2) is 11.2. The highest BCUT2D eigenvalue weighted by Crippen LogP contribution is 2.25. The number of rotatable bonds is 7. The Labute approximate surface area is 230 Å². The SMILES string of the molecule is Cc1ccc(NC(=O)CN2C(=O)N/C(=C/c3ccc(OCc4ccc(I)cc4)c(I)c3)C2=O)cc1. The van der Waals surface area contributed by atoms with Crippen LogP contribution < -0.4 is 15.4 Å². The zero-order valence-electron chi connectivity index (χ0n) is 18.7. The number of urea groups is 1. The molecule has 0 spiro atoms. The van der Waals surface area contributed by atoms with Crippen molar-refractivity contribution in [2.75, 3.05) is 11.9 Å². The van der Waals surface area contributed by atoms with Gasteiger partial charge in [-0.3, -0.25) is 9.59 Å². The van der Waals surface area contributed by atoms with Crippen LogP contribution in [0.25, 0.3) is 6.08 Å². The lowest BCUT2D eigenvalue weighted by Crippen LogP contribution is -2.38. The molecule has 0 radical (unpaired) electrons. The van der Waals surface area contributed by atoms with E-state index in [0.29, 0.717) is 12.3 Å². The molecule has 0 unspecified atom stereocenters. The Bertz CT molecular complexity index is 1310. The molecule has 3 aromatic carbocycles. The summed E-state index contributed by atoms with van der Waals surface area (Å²) in [6.45, 7) is 2.01. The molecular formula is C26H21I2N3O4. The van der Waals surface area contributed by atoms with Gasteiger partial charge in [0, 0.05) is 9.26 Å². The smallest absolute Gasteiger partial charge is 0.329 e. The molecule has 4 amide bonds. The van der Waals surface area contributed by atoms with Crippen molar-refractivity contribution in [2.45, 2.75) is 13.5 Å². The average molecular weight is 693 g/mol. The van der Waals surface area contributed by atoms with Crippen molar-refractivity contribution >= 4 is 74.8 Å². The molecule has 9 heteroatoms. The van der Waals surface area contributed by atoms with E-state index in [9.17, 15) is 14.4 Å². The normalized spacial score (nSPS) is 14.3. The summed E-state index contributed by atoms with van der Waals surface area (Å²) >= 11 is 4.43. The van der Waals surface area contributed by atoms with Gasteiger partial charge in [-0.15, -0.1) is 0 Å². The van der Waals surface area contributed by atoms with Gasteiger partial charge in [0.05, 0.1) is 3.57 Å². The summed E-state index contributed by atoms with van der Waals surface area (Å²) in [5, 5.41) is 5.24. The van der Waals surface area contributed by atoms with Crippen molar-refractivity contribution < 1.29 is 19.1 Å². The maximum Gasteiger partial charge on any atom is 0.329 e. The predicted molar refractivity (Wildman–Crippen MR) is 151 cm³/mol. The topological polar surface area (TPSA) is 87.7 Å². The number of aryl methyl sites for hydroxylation is 1. The maximum absolute atomic E-state index is 12.8. The Balaban J connectivity index is 1.39. The second-order valence-corrected chi connectivity index (χ2v) is 10.3. The van der Waals surface area contributed by atoms with E-state index in [-0.39, 0.29) is 12.2 Å². The number of halogens is 2. The molecule has 1 heterocycles. The predicted octanol–water partition coefficient (Wildman–Crippen LogP) is 5.31. The van der Waals surface area contributed by atoms with Gasteiger partial charge >= 0.3 is 6.03 Å². The number of imide groups is 1. The first kappa shape index (κ1) is 25.2. The summed E-state index contributed by atoms with van der Waals surface area (Å²) in [6, 6.07) is 20.2. The van der Waals surface area contributed by atoms with Crippen molar-refractivity contribution in [2.24, 2.45) is 0 Å². The highest BCUT2D eigenvalue weighted by atomic mass is 127. The monoisotopic (exact) mass is 693 g/mol. The summed E-state index contributed by atoms with van der Waals surface area (Å²) in [5.41, 5.74) is 3.57. The van der Waals surface area contributed by atoms with Crippen LogP contribution in [0, 0.1) is 14.1 Å². The molecule has 178 valence electrons. The number of carbonyl (C=O) groups is 3. The van der Waals surface area contributed by atoms with E-state index < -0.39 is 17.8 Å². The third-order valence-electron chi connectivity index (χ3n) is 5.17. The van der Waals surface area contributed by atoms with Crippen LogP contribution in [0.3, 0.4) is 0 Å². The molecular weight excluding hydrogens is 672 g/mol. The minimum Gasteiger partial charge on any atom is -0.488 e. The minimum atomic E-state index is -0.632. The summed E-state index contributed by atoms with van der Waals surface area (Å²) in [4.78, 5) is 38.3. The lowest BCUT2D eigenvalue weighted by molar-refractivity contribution is -0.127. The number of ether oxygens (including phenoxy) is 1. The fourth-order valence-corrected chi connectivity index (χ4v) is 4.38. The molecule has 0 saturated carbocycles. The molecule has 1 saturated heterocycles. The number of nitrogens with one attached hydrogen (secondary N) is 2. The Morgan fingerprint density at radius 1 is 1.03 bits per heavy atom. The van der Waals surface area contributed by atoms with Crippen molar-refractivity contribution in [3.05, 3.63) is 96.3 Å². The van der Waals surface area contributed by atoms with Crippen LogP contribution in [0.2, 0.25) is 0 Å². The standard InChI is InChI=1S/C26H21I2N3O4/c1-16-2-9-20(10-3-16)29-24(32)14-31-25(33)22(30-26(31)34)13-18-6-11-23(21(28)12-18)35-15-17-4-7-19(27)8-5-17/h2-13H,14-15H2,1H3,(H,29,32)(H,30,34)/b22-13+. The van der Waals surface area contributed by atoms with Crippen molar-refractivity contribution in [3.8, 4) is 5.75 Å². The lowest BCUT2D eigenvalue weighted by atomic mass is 10.2. The van der Waals surface area contributed by atoms with Crippen LogP contribution in [0.15, 0.2) is 72.4 Å². The zero-order chi connectivity index (χ0) is 24.9. The third kappa shape index (κ3) is 6.60. The number of hydrogen-bond acceptors (Lipinski definition) is 4. The van der Waals surface area contributed by atoms with Gasteiger partial charge in [0.25, 0.3) is 5.91 Å². The molecule has 1 fully saturated rings. The van der Waals surface area contributed by atoms with Gasteiger partial charge in [0.1, 0.15) is 24.6 Å². The van der Waals surface area contributed by atoms with Crippen molar-refractivity contribution in [1.82, 2.24) is 10.2 Å². The Hall–Kier alpha value is -2.93. The van der Waals surface area contributed by atoms with Gasteiger partial charge < -0.3 is 15.4 Å². The lowest BCUT2D eigenvalue weighted by Gasteiger charge is -2.12. The van der Waals surface area contributed by atoms with Crippen LogP contribution in [-0.2, 0) is 16.2 Å².